The quantitative estimate of drug-likeness (QED) is 0.847. The van der Waals surface area contributed by atoms with Crippen LogP contribution in [0.4, 0.5) is 0 Å². The largest absolute Gasteiger partial charge is 0.353 e. The van der Waals surface area contributed by atoms with Crippen molar-refractivity contribution in [1.29, 1.82) is 0 Å². The van der Waals surface area contributed by atoms with Gasteiger partial charge in [-0.15, -0.1) is 0 Å². The van der Waals surface area contributed by atoms with E-state index in [9.17, 15) is 4.79 Å². The summed E-state index contributed by atoms with van der Waals surface area (Å²) in [5.74, 6) is 0.237. The standard InChI is InChI=1S/C15H20N2O/c18-14(17-13-6-10-16-11-7-13)15(8-9-15)12-4-2-1-3-5-12/h1-5,13,16H,6-11H2,(H,17,18). The molecule has 0 radical (unpaired) electrons. The second-order valence-corrected chi connectivity index (χ2v) is 5.45. The van der Waals surface area contributed by atoms with E-state index < -0.39 is 0 Å². The van der Waals surface area contributed by atoms with Crippen molar-refractivity contribution >= 4 is 5.91 Å². The highest BCUT2D eigenvalue weighted by atomic mass is 16.2. The molecule has 3 nitrogen and oxygen atoms in total. The SMILES string of the molecule is O=C(NC1CCNCC1)C1(c2ccccc2)CC1. The van der Waals surface area contributed by atoms with Gasteiger partial charge in [-0.05, 0) is 44.3 Å². The minimum atomic E-state index is -0.216. The van der Waals surface area contributed by atoms with Crippen LogP contribution in [0.3, 0.4) is 0 Å². The molecule has 96 valence electrons. The third-order valence-electron chi connectivity index (χ3n) is 4.19. The van der Waals surface area contributed by atoms with Crippen LogP contribution in [0.5, 0.6) is 0 Å². The van der Waals surface area contributed by atoms with E-state index in [1.807, 2.05) is 18.2 Å². The molecule has 1 aromatic carbocycles. The molecule has 0 unspecified atom stereocenters. The molecule has 2 fully saturated rings. The van der Waals surface area contributed by atoms with Crippen LogP contribution in [-0.4, -0.2) is 25.0 Å². The summed E-state index contributed by atoms with van der Waals surface area (Å²) in [6.07, 6.45) is 4.09. The van der Waals surface area contributed by atoms with Gasteiger partial charge in [-0.3, -0.25) is 4.79 Å². The number of amides is 1. The molecular weight excluding hydrogens is 224 g/mol. The Morgan fingerprint density at radius 3 is 2.44 bits per heavy atom. The van der Waals surface area contributed by atoms with Crippen molar-refractivity contribution < 1.29 is 4.79 Å². The Morgan fingerprint density at radius 1 is 1.17 bits per heavy atom. The first-order valence-corrected chi connectivity index (χ1v) is 6.88. The number of rotatable bonds is 3. The van der Waals surface area contributed by atoms with Crippen LogP contribution in [0.2, 0.25) is 0 Å². The summed E-state index contributed by atoms with van der Waals surface area (Å²) < 4.78 is 0. The minimum absolute atomic E-state index is 0.216. The van der Waals surface area contributed by atoms with Crippen LogP contribution in [0.1, 0.15) is 31.2 Å². The Hall–Kier alpha value is -1.35. The highest BCUT2D eigenvalue weighted by Gasteiger charge is 2.51. The van der Waals surface area contributed by atoms with Gasteiger partial charge in [0, 0.05) is 6.04 Å². The van der Waals surface area contributed by atoms with Crippen LogP contribution >= 0.6 is 0 Å². The van der Waals surface area contributed by atoms with E-state index in [2.05, 4.69) is 22.8 Å². The summed E-state index contributed by atoms with van der Waals surface area (Å²) in [5, 5.41) is 6.56. The molecule has 1 aromatic rings. The summed E-state index contributed by atoms with van der Waals surface area (Å²) >= 11 is 0. The summed E-state index contributed by atoms with van der Waals surface area (Å²) in [4.78, 5) is 12.5. The maximum atomic E-state index is 12.5. The Morgan fingerprint density at radius 2 is 1.83 bits per heavy atom. The van der Waals surface area contributed by atoms with Gasteiger partial charge in [-0.25, -0.2) is 0 Å². The van der Waals surface area contributed by atoms with Crippen molar-refractivity contribution in [3.05, 3.63) is 35.9 Å². The molecule has 0 aromatic heterocycles. The highest BCUT2D eigenvalue weighted by Crippen LogP contribution is 2.48. The molecule has 1 saturated heterocycles. The first-order valence-electron chi connectivity index (χ1n) is 6.88. The predicted molar refractivity (Wildman–Crippen MR) is 71.4 cm³/mol. The minimum Gasteiger partial charge on any atom is -0.353 e. The highest BCUT2D eigenvalue weighted by molar-refractivity contribution is 5.91. The second kappa shape index (κ2) is 4.73. The lowest BCUT2D eigenvalue weighted by molar-refractivity contribution is -0.124. The molecule has 0 spiro atoms. The van der Waals surface area contributed by atoms with E-state index >= 15 is 0 Å². The van der Waals surface area contributed by atoms with E-state index in [0.717, 1.165) is 38.8 Å². The predicted octanol–water partition coefficient (Wildman–Crippen LogP) is 1.59. The molecule has 1 heterocycles. The van der Waals surface area contributed by atoms with E-state index in [1.165, 1.54) is 5.56 Å². The van der Waals surface area contributed by atoms with Crippen LogP contribution in [-0.2, 0) is 10.2 Å². The molecule has 1 aliphatic carbocycles. The smallest absolute Gasteiger partial charge is 0.230 e. The van der Waals surface area contributed by atoms with Gasteiger partial charge >= 0.3 is 0 Å². The summed E-state index contributed by atoms with van der Waals surface area (Å²) in [6.45, 7) is 2.03. The van der Waals surface area contributed by atoms with Gasteiger partial charge in [-0.1, -0.05) is 30.3 Å². The maximum absolute atomic E-state index is 12.5. The Labute approximate surface area is 108 Å². The van der Waals surface area contributed by atoms with Crippen LogP contribution in [0.25, 0.3) is 0 Å². The zero-order valence-corrected chi connectivity index (χ0v) is 10.6. The van der Waals surface area contributed by atoms with Gasteiger partial charge in [0.15, 0.2) is 0 Å². The summed E-state index contributed by atoms with van der Waals surface area (Å²) in [6, 6.07) is 10.6. The van der Waals surface area contributed by atoms with Gasteiger partial charge in [0.05, 0.1) is 5.41 Å². The van der Waals surface area contributed by atoms with Crippen molar-refractivity contribution in [1.82, 2.24) is 10.6 Å². The van der Waals surface area contributed by atoms with Gasteiger partial charge in [0.2, 0.25) is 5.91 Å². The third kappa shape index (κ3) is 2.15. The van der Waals surface area contributed by atoms with Crippen molar-refractivity contribution in [3.63, 3.8) is 0 Å². The van der Waals surface area contributed by atoms with Crippen molar-refractivity contribution in [2.75, 3.05) is 13.1 Å². The van der Waals surface area contributed by atoms with Crippen LogP contribution < -0.4 is 10.6 Å². The monoisotopic (exact) mass is 244 g/mol. The fourth-order valence-corrected chi connectivity index (χ4v) is 2.82. The first kappa shape index (κ1) is 11.7. The molecule has 3 rings (SSSR count). The fraction of sp³-hybridized carbons (Fsp3) is 0.533. The molecule has 2 N–H and O–H groups in total. The van der Waals surface area contributed by atoms with E-state index in [4.69, 9.17) is 0 Å². The zero-order chi connectivity index (χ0) is 12.4. The molecule has 2 aliphatic rings. The van der Waals surface area contributed by atoms with Crippen molar-refractivity contribution in [3.8, 4) is 0 Å². The van der Waals surface area contributed by atoms with Gasteiger partial charge < -0.3 is 10.6 Å². The zero-order valence-electron chi connectivity index (χ0n) is 10.6. The number of carbonyl (C=O) groups excluding carboxylic acids is 1. The molecular formula is C15H20N2O. The summed E-state index contributed by atoms with van der Waals surface area (Å²) in [7, 11) is 0. The molecule has 3 heteroatoms. The van der Waals surface area contributed by atoms with Crippen LogP contribution in [0, 0.1) is 0 Å². The lowest BCUT2D eigenvalue weighted by atomic mass is 9.94. The average molecular weight is 244 g/mol. The Bertz CT molecular complexity index is 419. The first-order chi connectivity index (χ1) is 8.81. The van der Waals surface area contributed by atoms with Crippen molar-refractivity contribution in [2.24, 2.45) is 0 Å². The lowest BCUT2D eigenvalue weighted by Gasteiger charge is -2.26. The van der Waals surface area contributed by atoms with Gasteiger partial charge in [0.25, 0.3) is 0 Å². The number of carbonyl (C=O) groups is 1. The molecule has 0 bridgehead atoms. The number of piperidine rings is 1. The molecule has 1 aliphatic heterocycles. The Balaban J connectivity index is 1.68. The normalized spacial score (nSPS) is 22.4. The number of benzene rings is 1. The topological polar surface area (TPSA) is 41.1 Å². The van der Waals surface area contributed by atoms with E-state index in [-0.39, 0.29) is 11.3 Å². The van der Waals surface area contributed by atoms with E-state index in [0.29, 0.717) is 6.04 Å². The fourth-order valence-electron chi connectivity index (χ4n) is 2.82. The summed E-state index contributed by atoms with van der Waals surface area (Å²) in [5.41, 5.74) is 0.961. The third-order valence-corrected chi connectivity index (χ3v) is 4.19. The average Bonchev–Trinajstić information content (AvgIpc) is 3.22. The van der Waals surface area contributed by atoms with Gasteiger partial charge in [-0.2, -0.15) is 0 Å². The van der Waals surface area contributed by atoms with Crippen molar-refractivity contribution in [2.45, 2.75) is 37.1 Å². The molecule has 1 amide bonds. The molecule has 18 heavy (non-hydrogen) atoms. The number of hydrogen-bond acceptors (Lipinski definition) is 2. The number of hydrogen-bond donors (Lipinski definition) is 2. The van der Waals surface area contributed by atoms with E-state index in [1.54, 1.807) is 0 Å². The Kier molecular flexibility index (Phi) is 3.08. The molecule has 0 atom stereocenters. The number of nitrogens with one attached hydrogen (secondary N) is 2. The maximum Gasteiger partial charge on any atom is 0.230 e. The van der Waals surface area contributed by atoms with Crippen LogP contribution in [0.15, 0.2) is 30.3 Å². The molecule has 1 saturated carbocycles. The lowest BCUT2D eigenvalue weighted by Crippen LogP contribution is -2.46. The van der Waals surface area contributed by atoms with Gasteiger partial charge in [0.1, 0.15) is 0 Å². The second-order valence-electron chi connectivity index (χ2n) is 5.45.